The molecular weight excluding hydrogens is 309 g/mol. The van der Waals surface area contributed by atoms with Crippen LogP contribution >= 0.6 is 0 Å². The molecule has 0 N–H and O–H groups in total. The topological polar surface area (TPSA) is 0 Å². The van der Waals surface area contributed by atoms with Crippen molar-refractivity contribution >= 4 is 5.57 Å². The molecule has 0 aromatic heterocycles. The average molecular weight is 328 g/mol. The maximum atomic E-state index is 13.8. The van der Waals surface area contributed by atoms with Crippen LogP contribution in [-0.4, -0.2) is 6.18 Å². The van der Waals surface area contributed by atoms with Crippen molar-refractivity contribution in [3.63, 3.8) is 0 Å². The Morgan fingerprint density at radius 2 is 1.58 bits per heavy atom. The Labute approximate surface area is 140 Å². The van der Waals surface area contributed by atoms with Crippen molar-refractivity contribution in [1.29, 1.82) is 0 Å². The largest absolute Gasteiger partial charge is 0.416 e. The van der Waals surface area contributed by atoms with E-state index in [2.05, 4.69) is 0 Å². The first-order valence-electron chi connectivity index (χ1n) is 8.06. The molecule has 2 aromatic rings. The molecule has 3 rings (SSSR count). The number of rotatable bonds is 3. The standard InChI is InChI=1S/C21H19F3/c1-15-10-12-17(13-11-15)19-9-5-8-18(20(19)21(22,23)24)14-16-6-3-2-4-7-16/h2-4,6-7,9-13H,5,8,14H2,1H3. The van der Waals surface area contributed by atoms with Crippen molar-refractivity contribution in [2.75, 3.05) is 0 Å². The number of hydrogen-bond donors (Lipinski definition) is 0. The predicted molar refractivity (Wildman–Crippen MR) is 91.6 cm³/mol. The Morgan fingerprint density at radius 1 is 0.917 bits per heavy atom. The molecular formula is C21H19F3. The molecule has 0 radical (unpaired) electrons. The van der Waals surface area contributed by atoms with Crippen LogP contribution in [0.4, 0.5) is 13.2 Å². The quantitative estimate of drug-likeness (QED) is 0.622. The fourth-order valence-electron chi connectivity index (χ4n) is 3.18. The fourth-order valence-corrected chi connectivity index (χ4v) is 3.18. The first kappa shape index (κ1) is 16.6. The molecule has 0 fully saturated rings. The summed E-state index contributed by atoms with van der Waals surface area (Å²) in [6.45, 7) is 1.93. The highest BCUT2D eigenvalue weighted by Crippen LogP contribution is 2.43. The molecule has 0 heterocycles. The molecule has 0 saturated heterocycles. The van der Waals surface area contributed by atoms with Crippen LogP contribution in [-0.2, 0) is 6.42 Å². The SMILES string of the molecule is Cc1ccc(C2=CCCC(Cc3ccccc3)=C2C(F)(F)F)cc1. The van der Waals surface area contributed by atoms with Gasteiger partial charge in [-0.2, -0.15) is 13.2 Å². The molecule has 24 heavy (non-hydrogen) atoms. The van der Waals surface area contributed by atoms with Crippen LogP contribution in [0.3, 0.4) is 0 Å². The second kappa shape index (κ2) is 6.68. The zero-order valence-electron chi connectivity index (χ0n) is 13.5. The van der Waals surface area contributed by atoms with Gasteiger partial charge in [-0.15, -0.1) is 0 Å². The van der Waals surface area contributed by atoms with E-state index in [0.717, 1.165) is 11.1 Å². The summed E-state index contributed by atoms with van der Waals surface area (Å²) >= 11 is 0. The van der Waals surface area contributed by atoms with E-state index in [-0.39, 0.29) is 0 Å². The van der Waals surface area contributed by atoms with Crippen LogP contribution in [0.2, 0.25) is 0 Å². The summed E-state index contributed by atoms with van der Waals surface area (Å²) in [5.74, 6) is 0. The highest BCUT2D eigenvalue weighted by Gasteiger charge is 2.39. The number of alkyl halides is 3. The molecule has 0 amide bonds. The van der Waals surface area contributed by atoms with E-state index < -0.39 is 11.7 Å². The molecule has 0 bridgehead atoms. The highest BCUT2D eigenvalue weighted by molar-refractivity contribution is 5.82. The van der Waals surface area contributed by atoms with Crippen molar-refractivity contribution in [2.45, 2.75) is 32.4 Å². The molecule has 2 aromatic carbocycles. The monoisotopic (exact) mass is 328 g/mol. The summed E-state index contributed by atoms with van der Waals surface area (Å²) < 4.78 is 41.4. The lowest BCUT2D eigenvalue weighted by atomic mass is 9.83. The Bertz CT molecular complexity index is 763. The van der Waals surface area contributed by atoms with Gasteiger partial charge < -0.3 is 0 Å². The van der Waals surface area contributed by atoms with E-state index in [1.165, 1.54) is 0 Å². The lowest BCUT2D eigenvalue weighted by Crippen LogP contribution is -2.19. The van der Waals surface area contributed by atoms with Crippen molar-refractivity contribution in [1.82, 2.24) is 0 Å². The van der Waals surface area contributed by atoms with E-state index in [1.807, 2.05) is 49.4 Å². The summed E-state index contributed by atoms with van der Waals surface area (Å²) in [5, 5.41) is 0. The molecule has 0 saturated carbocycles. The van der Waals surface area contributed by atoms with Crippen LogP contribution in [0.1, 0.15) is 29.5 Å². The van der Waals surface area contributed by atoms with Crippen molar-refractivity contribution in [3.05, 3.63) is 88.5 Å². The minimum Gasteiger partial charge on any atom is -0.166 e. The number of hydrogen-bond acceptors (Lipinski definition) is 0. The molecule has 0 aliphatic heterocycles. The van der Waals surface area contributed by atoms with Gasteiger partial charge in [0, 0.05) is 0 Å². The first-order valence-corrected chi connectivity index (χ1v) is 8.06. The van der Waals surface area contributed by atoms with Crippen LogP contribution in [0, 0.1) is 6.92 Å². The van der Waals surface area contributed by atoms with Gasteiger partial charge in [0.2, 0.25) is 0 Å². The Balaban J connectivity index is 2.05. The minimum absolute atomic E-state index is 0.319. The van der Waals surface area contributed by atoms with Crippen molar-refractivity contribution in [3.8, 4) is 0 Å². The molecule has 124 valence electrons. The van der Waals surface area contributed by atoms with E-state index >= 15 is 0 Å². The van der Waals surface area contributed by atoms with Gasteiger partial charge >= 0.3 is 6.18 Å². The van der Waals surface area contributed by atoms with Gasteiger partial charge in [-0.1, -0.05) is 71.8 Å². The van der Waals surface area contributed by atoms with Crippen molar-refractivity contribution in [2.24, 2.45) is 0 Å². The number of allylic oxidation sites excluding steroid dienone is 4. The Kier molecular flexibility index (Phi) is 4.61. The summed E-state index contributed by atoms with van der Waals surface area (Å²) in [6, 6.07) is 16.6. The lowest BCUT2D eigenvalue weighted by molar-refractivity contribution is -0.0882. The van der Waals surface area contributed by atoms with E-state index in [1.54, 1.807) is 18.2 Å². The summed E-state index contributed by atoms with van der Waals surface area (Å²) in [5.41, 5.74) is 2.93. The molecule has 1 aliphatic carbocycles. The second-order valence-electron chi connectivity index (χ2n) is 6.16. The smallest absolute Gasteiger partial charge is 0.166 e. The number of halogens is 3. The van der Waals surface area contributed by atoms with E-state index in [0.29, 0.717) is 36.0 Å². The molecule has 0 nitrogen and oxygen atoms in total. The average Bonchev–Trinajstić information content (AvgIpc) is 2.55. The normalized spacial score (nSPS) is 15.4. The van der Waals surface area contributed by atoms with Crippen LogP contribution in [0.25, 0.3) is 5.57 Å². The fraction of sp³-hybridized carbons (Fsp3) is 0.238. The molecule has 1 aliphatic rings. The van der Waals surface area contributed by atoms with Gasteiger partial charge in [-0.3, -0.25) is 0 Å². The maximum absolute atomic E-state index is 13.8. The molecule has 0 unspecified atom stereocenters. The third kappa shape index (κ3) is 3.61. The summed E-state index contributed by atoms with van der Waals surface area (Å²) in [4.78, 5) is 0. The third-order valence-electron chi connectivity index (χ3n) is 4.32. The van der Waals surface area contributed by atoms with Gasteiger partial charge in [0.05, 0.1) is 5.57 Å². The first-order chi connectivity index (χ1) is 11.4. The summed E-state index contributed by atoms with van der Waals surface area (Å²) in [6.07, 6.45) is -1.17. The van der Waals surface area contributed by atoms with E-state index in [4.69, 9.17) is 0 Å². The van der Waals surface area contributed by atoms with Crippen molar-refractivity contribution < 1.29 is 13.2 Å². The van der Waals surface area contributed by atoms with Crippen LogP contribution in [0.5, 0.6) is 0 Å². The van der Waals surface area contributed by atoms with Gasteiger partial charge in [0.1, 0.15) is 0 Å². The van der Waals surface area contributed by atoms with Gasteiger partial charge in [0.15, 0.2) is 0 Å². The molecule has 0 atom stereocenters. The molecule has 3 heteroatoms. The van der Waals surface area contributed by atoms with Gasteiger partial charge in [-0.05, 0) is 42.9 Å². The zero-order valence-corrected chi connectivity index (χ0v) is 13.5. The zero-order chi connectivity index (χ0) is 17.2. The number of aryl methyl sites for hydroxylation is 1. The summed E-state index contributed by atoms with van der Waals surface area (Å²) in [7, 11) is 0. The third-order valence-corrected chi connectivity index (χ3v) is 4.32. The highest BCUT2D eigenvalue weighted by atomic mass is 19.4. The lowest BCUT2D eigenvalue weighted by Gasteiger charge is -2.25. The second-order valence-corrected chi connectivity index (χ2v) is 6.16. The van der Waals surface area contributed by atoms with Crippen LogP contribution in [0.15, 0.2) is 71.8 Å². The van der Waals surface area contributed by atoms with Gasteiger partial charge in [0.25, 0.3) is 0 Å². The maximum Gasteiger partial charge on any atom is 0.416 e. The van der Waals surface area contributed by atoms with E-state index in [9.17, 15) is 13.2 Å². The Hall–Kier alpha value is -2.29. The minimum atomic E-state index is -4.35. The number of benzene rings is 2. The Morgan fingerprint density at radius 3 is 2.21 bits per heavy atom. The van der Waals surface area contributed by atoms with Gasteiger partial charge in [-0.25, -0.2) is 0 Å². The van der Waals surface area contributed by atoms with Crippen LogP contribution < -0.4 is 0 Å². The molecule has 0 spiro atoms. The predicted octanol–water partition coefficient (Wildman–Crippen LogP) is 6.27.